The molecule has 0 fully saturated rings. The number of nitrogen functional groups attached to an aromatic ring is 1. The van der Waals surface area contributed by atoms with Crippen LogP contribution in [-0.4, -0.2) is 16.1 Å². The summed E-state index contributed by atoms with van der Waals surface area (Å²) >= 11 is 1.93. The first-order valence-electron chi connectivity index (χ1n) is 4.77. The van der Waals surface area contributed by atoms with Crippen LogP contribution in [0, 0.1) is 0 Å². The minimum absolute atomic E-state index is 0.0933. The summed E-state index contributed by atoms with van der Waals surface area (Å²) in [6, 6.07) is 1.52. The van der Waals surface area contributed by atoms with Crippen LogP contribution in [0.1, 0.15) is 13.3 Å². The number of hydrogen-bond acceptors (Lipinski definition) is 3. The second-order valence-electron chi connectivity index (χ2n) is 3.05. The van der Waals surface area contributed by atoms with Gasteiger partial charge in [0.15, 0.2) is 0 Å². The maximum absolute atomic E-state index is 11.0. The molecule has 0 aliphatic heterocycles. The molecule has 0 atom stereocenters. The molecular formula is C10H16N2OS. The molecule has 1 aromatic rings. The van der Waals surface area contributed by atoms with Crippen LogP contribution in [0.4, 0.5) is 5.69 Å². The fraction of sp³-hybridized carbons (Fsp3) is 0.500. The highest BCUT2D eigenvalue weighted by atomic mass is 32.2. The largest absolute Gasteiger partial charge is 0.394 e. The first-order chi connectivity index (χ1) is 6.74. The lowest BCUT2D eigenvalue weighted by atomic mass is 10.4. The molecule has 14 heavy (non-hydrogen) atoms. The van der Waals surface area contributed by atoms with E-state index in [2.05, 4.69) is 6.92 Å². The predicted molar refractivity (Wildman–Crippen MR) is 62.7 cm³/mol. The van der Waals surface area contributed by atoms with Crippen LogP contribution in [0.3, 0.4) is 0 Å². The van der Waals surface area contributed by atoms with E-state index < -0.39 is 0 Å². The number of nitrogens with two attached hydrogens (primary N) is 1. The van der Waals surface area contributed by atoms with Crippen molar-refractivity contribution >= 4 is 17.4 Å². The third kappa shape index (κ3) is 3.46. The highest BCUT2D eigenvalue weighted by Crippen LogP contribution is 2.03. The molecule has 0 aromatic carbocycles. The molecule has 0 bridgehead atoms. The average Bonchev–Trinajstić information content (AvgIpc) is 2.18. The van der Waals surface area contributed by atoms with E-state index in [0.29, 0.717) is 5.69 Å². The van der Waals surface area contributed by atoms with Crippen molar-refractivity contribution in [2.24, 2.45) is 0 Å². The van der Waals surface area contributed by atoms with Gasteiger partial charge in [0.25, 0.3) is 0 Å². The first-order valence-corrected chi connectivity index (χ1v) is 5.93. The molecule has 4 heteroatoms. The van der Waals surface area contributed by atoms with E-state index in [0.717, 1.165) is 24.5 Å². The van der Waals surface area contributed by atoms with Gasteiger partial charge >= 0.3 is 0 Å². The molecule has 1 aromatic heterocycles. The zero-order valence-electron chi connectivity index (χ0n) is 8.40. The average molecular weight is 212 g/mol. The van der Waals surface area contributed by atoms with Gasteiger partial charge in [-0.3, -0.25) is 4.79 Å². The van der Waals surface area contributed by atoms with E-state index in [1.807, 2.05) is 16.3 Å². The Labute approximate surface area is 88.3 Å². The molecule has 0 spiro atoms. The van der Waals surface area contributed by atoms with E-state index in [4.69, 9.17) is 5.73 Å². The summed E-state index contributed by atoms with van der Waals surface area (Å²) in [6.07, 6.45) is 4.61. The summed E-state index contributed by atoms with van der Waals surface area (Å²) in [4.78, 5) is 11.0. The Morgan fingerprint density at radius 3 is 3.00 bits per heavy atom. The van der Waals surface area contributed by atoms with Gasteiger partial charge in [-0.2, -0.15) is 11.8 Å². The Balaban J connectivity index is 2.43. The van der Waals surface area contributed by atoms with Crippen LogP contribution < -0.4 is 11.2 Å². The predicted octanol–water partition coefficient (Wildman–Crippen LogP) is 1.57. The van der Waals surface area contributed by atoms with Crippen molar-refractivity contribution < 1.29 is 0 Å². The van der Waals surface area contributed by atoms with Crippen molar-refractivity contribution in [1.29, 1.82) is 0 Å². The highest BCUT2D eigenvalue weighted by molar-refractivity contribution is 7.99. The number of thioether (sulfide) groups is 1. The van der Waals surface area contributed by atoms with E-state index in [9.17, 15) is 4.79 Å². The second kappa shape index (κ2) is 5.75. The SMILES string of the molecule is CCSCCCn1ccc(=O)c(N)c1. The number of anilines is 1. The highest BCUT2D eigenvalue weighted by Gasteiger charge is 1.94. The molecule has 0 radical (unpaired) electrons. The Bertz CT molecular complexity index is 335. The van der Waals surface area contributed by atoms with Gasteiger partial charge in [-0.1, -0.05) is 6.92 Å². The van der Waals surface area contributed by atoms with Gasteiger partial charge in [-0.05, 0) is 17.9 Å². The molecule has 0 saturated carbocycles. The van der Waals surface area contributed by atoms with E-state index in [1.54, 1.807) is 12.4 Å². The molecule has 78 valence electrons. The molecule has 0 amide bonds. The zero-order chi connectivity index (χ0) is 10.4. The summed E-state index contributed by atoms with van der Waals surface area (Å²) in [5.74, 6) is 2.31. The molecule has 3 nitrogen and oxygen atoms in total. The number of hydrogen-bond donors (Lipinski definition) is 1. The number of nitrogens with zero attached hydrogens (tertiary/aromatic N) is 1. The van der Waals surface area contributed by atoms with Crippen molar-refractivity contribution in [3.05, 3.63) is 28.7 Å². The maximum Gasteiger partial charge on any atom is 0.204 e. The van der Waals surface area contributed by atoms with Crippen LogP contribution in [0.5, 0.6) is 0 Å². The molecule has 1 heterocycles. The van der Waals surface area contributed by atoms with Gasteiger partial charge < -0.3 is 10.3 Å². The number of aromatic nitrogens is 1. The van der Waals surface area contributed by atoms with Crippen LogP contribution >= 0.6 is 11.8 Å². The van der Waals surface area contributed by atoms with Gasteiger partial charge in [0.2, 0.25) is 5.43 Å². The Kier molecular flexibility index (Phi) is 4.59. The topological polar surface area (TPSA) is 48.0 Å². The lowest BCUT2D eigenvalue weighted by molar-refractivity contribution is 0.680. The van der Waals surface area contributed by atoms with Crippen LogP contribution in [-0.2, 0) is 6.54 Å². The molecule has 0 aliphatic carbocycles. The zero-order valence-corrected chi connectivity index (χ0v) is 9.22. The molecule has 0 saturated heterocycles. The molecule has 1 rings (SSSR count). The number of pyridine rings is 1. The molecule has 0 unspecified atom stereocenters. The van der Waals surface area contributed by atoms with Crippen molar-refractivity contribution in [3.8, 4) is 0 Å². The van der Waals surface area contributed by atoms with E-state index in [-0.39, 0.29) is 5.43 Å². The van der Waals surface area contributed by atoms with Crippen molar-refractivity contribution in [2.75, 3.05) is 17.2 Å². The van der Waals surface area contributed by atoms with Gasteiger partial charge in [-0.25, -0.2) is 0 Å². The van der Waals surface area contributed by atoms with Crippen LogP contribution in [0.2, 0.25) is 0 Å². The van der Waals surface area contributed by atoms with Gasteiger partial charge in [0.05, 0.1) is 5.69 Å². The molecule has 0 aliphatic rings. The molecular weight excluding hydrogens is 196 g/mol. The van der Waals surface area contributed by atoms with Crippen LogP contribution in [0.25, 0.3) is 0 Å². The Morgan fingerprint density at radius 1 is 1.57 bits per heavy atom. The number of aryl methyl sites for hydroxylation is 1. The third-order valence-electron chi connectivity index (χ3n) is 1.92. The summed E-state index contributed by atoms with van der Waals surface area (Å²) in [5.41, 5.74) is 5.75. The Morgan fingerprint density at radius 2 is 2.36 bits per heavy atom. The van der Waals surface area contributed by atoms with Crippen molar-refractivity contribution in [1.82, 2.24) is 4.57 Å². The standard InChI is InChI=1S/C10H16N2OS/c1-2-14-7-3-5-12-6-4-10(13)9(11)8-12/h4,6,8H,2-3,5,7,11H2,1H3. The molecule has 2 N–H and O–H groups in total. The van der Waals surface area contributed by atoms with Crippen molar-refractivity contribution in [2.45, 2.75) is 19.9 Å². The fourth-order valence-corrected chi connectivity index (χ4v) is 1.80. The van der Waals surface area contributed by atoms with Crippen molar-refractivity contribution in [3.63, 3.8) is 0 Å². The lowest BCUT2D eigenvalue weighted by Gasteiger charge is -2.05. The fourth-order valence-electron chi connectivity index (χ4n) is 1.18. The van der Waals surface area contributed by atoms with Gasteiger partial charge in [0.1, 0.15) is 0 Å². The minimum atomic E-state index is -0.0933. The van der Waals surface area contributed by atoms with Gasteiger partial charge in [-0.15, -0.1) is 0 Å². The lowest BCUT2D eigenvalue weighted by Crippen LogP contribution is -2.11. The van der Waals surface area contributed by atoms with E-state index in [1.165, 1.54) is 6.07 Å². The minimum Gasteiger partial charge on any atom is -0.394 e. The normalized spacial score (nSPS) is 10.4. The summed E-state index contributed by atoms with van der Waals surface area (Å²) < 4.78 is 1.97. The summed E-state index contributed by atoms with van der Waals surface area (Å²) in [5, 5.41) is 0. The number of rotatable bonds is 5. The summed E-state index contributed by atoms with van der Waals surface area (Å²) in [6.45, 7) is 3.08. The third-order valence-corrected chi connectivity index (χ3v) is 2.90. The van der Waals surface area contributed by atoms with E-state index >= 15 is 0 Å². The monoisotopic (exact) mass is 212 g/mol. The van der Waals surface area contributed by atoms with Crippen LogP contribution in [0.15, 0.2) is 23.3 Å². The van der Waals surface area contributed by atoms with Gasteiger partial charge in [0, 0.05) is 25.0 Å². The Hall–Kier alpha value is -0.900. The first kappa shape index (κ1) is 11.2. The second-order valence-corrected chi connectivity index (χ2v) is 4.45. The quantitative estimate of drug-likeness (QED) is 0.754. The smallest absolute Gasteiger partial charge is 0.204 e. The maximum atomic E-state index is 11.0. The summed E-state index contributed by atoms with van der Waals surface area (Å²) in [7, 11) is 0.